The molecule has 0 aromatic rings. The summed E-state index contributed by atoms with van der Waals surface area (Å²) in [5.41, 5.74) is 2.00. The number of rotatable bonds is 0. The summed E-state index contributed by atoms with van der Waals surface area (Å²) in [4.78, 5) is 4.28. The van der Waals surface area contributed by atoms with Crippen molar-refractivity contribution in [2.75, 3.05) is 0 Å². The van der Waals surface area contributed by atoms with Crippen LogP contribution in [0, 0.1) is 5.41 Å². The van der Waals surface area contributed by atoms with Gasteiger partial charge in [0.2, 0.25) is 0 Å². The Labute approximate surface area is 71.7 Å². The Hall–Kier alpha value is -0.640. The van der Waals surface area contributed by atoms with Gasteiger partial charge in [-0.1, -0.05) is 0 Å². The topological polar surface area (TPSA) is 48.6 Å². The van der Waals surface area contributed by atoms with Crippen molar-refractivity contribution >= 4 is 29.9 Å². The molecule has 4 heteroatoms. The minimum Gasteiger partial charge on any atom is -0.303 e. The summed E-state index contributed by atoms with van der Waals surface area (Å²) in [6.07, 6.45) is 0.677. The van der Waals surface area contributed by atoms with Crippen LogP contribution in [0.2, 0.25) is 0 Å². The van der Waals surface area contributed by atoms with Crippen LogP contribution in [0.3, 0.4) is 0 Å². The monoisotopic (exact) mass is 169 g/mol. The van der Waals surface area contributed by atoms with Gasteiger partial charge < -0.3 is 5.41 Å². The van der Waals surface area contributed by atoms with Crippen molar-refractivity contribution in [1.82, 2.24) is 0 Å². The van der Waals surface area contributed by atoms with Crippen molar-refractivity contribution in [3.05, 3.63) is 0 Å². The molecule has 0 aliphatic carbocycles. The van der Waals surface area contributed by atoms with Crippen molar-refractivity contribution in [3.63, 3.8) is 0 Å². The normalized spacial score (nSPS) is 29.0. The molecule has 11 heavy (non-hydrogen) atoms. The lowest BCUT2D eigenvalue weighted by molar-refractivity contribution is 0.777. The molecule has 0 aromatic heterocycles. The second kappa shape index (κ2) is 3.17. The summed E-state index contributed by atoms with van der Waals surface area (Å²) in [5.74, 6) is 0. The molecule has 1 unspecified atom stereocenters. The highest BCUT2D eigenvalue weighted by atomic mass is 32.1. The summed E-state index contributed by atoms with van der Waals surface area (Å²) in [5, 5.41) is 7.55. The Morgan fingerprint density at radius 1 is 1.73 bits per heavy atom. The van der Waals surface area contributed by atoms with E-state index in [-0.39, 0.29) is 6.04 Å². The van der Waals surface area contributed by atoms with E-state index in [1.165, 1.54) is 0 Å². The molecule has 0 radical (unpaired) electrons. The Bertz CT molecular complexity index is 242. The molecule has 0 bridgehead atoms. The van der Waals surface area contributed by atoms with Crippen LogP contribution >= 0.6 is 12.8 Å². The smallest absolute Gasteiger partial charge is 0.112 e. The largest absolute Gasteiger partial charge is 0.303 e. The van der Waals surface area contributed by atoms with Gasteiger partial charge >= 0.3 is 0 Å². The van der Waals surface area contributed by atoms with E-state index >= 15 is 0 Å². The molecule has 3 nitrogen and oxygen atoms in total. The van der Waals surface area contributed by atoms with E-state index in [9.17, 15) is 0 Å². The molecule has 0 fully saturated rings. The first-order valence-electron chi connectivity index (χ1n) is 3.49. The summed E-state index contributed by atoms with van der Waals surface area (Å²) >= 11 is 3.78. The molecule has 1 rings (SSSR count). The quantitative estimate of drug-likeness (QED) is 0.517. The molecule has 1 atom stereocenters. The van der Waals surface area contributed by atoms with Crippen LogP contribution in [-0.4, -0.2) is 23.2 Å². The molecular formula is C7H11N3S. The highest BCUT2D eigenvalue weighted by Gasteiger charge is 2.18. The van der Waals surface area contributed by atoms with Gasteiger partial charge in [-0.15, -0.1) is 0 Å². The van der Waals surface area contributed by atoms with E-state index in [2.05, 4.69) is 22.2 Å². The van der Waals surface area contributed by atoms with E-state index < -0.39 is 0 Å². The first-order valence-corrected chi connectivity index (χ1v) is 3.89. The SMILES string of the molecule is CC1=NC(C)CC(=N)/C1=N\S. The van der Waals surface area contributed by atoms with Gasteiger partial charge in [-0.05, 0) is 26.7 Å². The Morgan fingerprint density at radius 3 is 2.82 bits per heavy atom. The average molecular weight is 169 g/mol. The van der Waals surface area contributed by atoms with Crippen LogP contribution in [0.4, 0.5) is 0 Å². The van der Waals surface area contributed by atoms with Crippen molar-refractivity contribution in [2.45, 2.75) is 26.3 Å². The number of hydrogen-bond acceptors (Lipinski definition) is 4. The lowest BCUT2D eigenvalue weighted by atomic mass is 10.0. The van der Waals surface area contributed by atoms with Gasteiger partial charge in [-0.3, -0.25) is 4.99 Å². The molecular weight excluding hydrogens is 158 g/mol. The molecule has 0 saturated carbocycles. The molecule has 1 aliphatic rings. The highest BCUT2D eigenvalue weighted by Crippen LogP contribution is 2.09. The number of hydrogen-bond donors (Lipinski definition) is 2. The highest BCUT2D eigenvalue weighted by molar-refractivity contribution is 7.79. The molecule has 1 N–H and O–H groups in total. The summed E-state index contributed by atoms with van der Waals surface area (Å²) in [6.45, 7) is 3.85. The third-order valence-electron chi connectivity index (χ3n) is 1.64. The Balaban J connectivity index is 2.99. The maximum absolute atomic E-state index is 7.55. The minimum atomic E-state index is 0.223. The number of nitrogens with one attached hydrogen (secondary N) is 1. The number of aliphatic imine (C=N–C) groups is 1. The van der Waals surface area contributed by atoms with E-state index in [1.807, 2.05) is 13.8 Å². The fourth-order valence-electron chi connectivity index (χ4n) is 1.18. The third kappa shape index (κ3) is 1.68. The summed E-state index contributed by atoms with van der Waals surface area (Å²) < 4.78 is 3.70. The van der Waals surface area contributed by atoms with Crippen LogP contribution in [0.15, 0.2) is 9.39 Å². The fourth-order valence-corrected chi connectivity index (χ4v) is 1.45. The molecule has 60 valence electrons. The summed E-state index contributed by atoms with van der Waals surface area (Å²) in [7, 11) is 0. The van der Waals surface area contributed by atoms with Gasteiger partial charge in [0, 0.05) is 6.42 Å². The Morgan fingerprint density at radius 2 is 2.36 bits per heavy atom. The number of thiol groups is 1. The van der Waals surface area contributed by atoms with Gasteiger partial charge in [0.1, 0.15) is 5.71 Å². The van der Waals surface area contributed by atoms with Crippen LogP contribution in [0.25, 0.3) is 0 Å². The van der Waals surface area contributed by atoms with Gasteiger partial charge in [-0.25, -0.2) is 4.40 Å². The zero-order valence-corrected chi connectivity index (χ0v) is 7.52. The van der Waals surface area contributed by atoms with Crippen LogP contribution in [0.1, 0.15) is 20.3 Å². The van der Waals surface area contributed by atoms with Crippen molar-refractivity contribution in [1.29, 1.82) is 5.41 Å². The van der Waals surface area contributed by atoms with E-state index in [0.29, 0.717) is 17.8 Å². The van der Waals surface area contributed by atoms with Gasteiger partial charge in [0.05, 0.1) is 17.5 Å². The Kier molecular flexibility index (Phi) is 2.44. The van der Waals surface area contributed by atoms with E-state index in [1.54, 1.807) is 0 Å². The first-order chi connectivity index (χ1) is 5.15. The van der Waals surface area contributed by atoms with Crippen LogP contribution in [0.5, 0.6) is 0 Å². The maximum Gasteiger partial charge on any atom is 0.112 e. The second-order valence-corrected chi connectivity index (χ2v) is 2.89. The maximum atomic E-state index is 7.55. The zero-order chi connectivity index (χ0) is 8.43. The lowest BCUT2D eigenvalue weighted by Gasteiger charge is -2.16. The first kappa shape index (κ1) is 8.46. The second-order valence-electron chi connectivity index (χ2n) is 2.69. The van der Waals surface area contributed by atoms with Gasteiger partial charge in [-0.2, -0.15) is 0 Å². The van der Waals surface area contributed by atoms with Crippen molar-refractivity contribution in [2.24, 2.45) is 9.39 Å². The van der Waals surface area contributed by atoms with Crippen LogP contribution in [-0.2, 0) is 0 Å². The van der Waals surface area contributed by atoms with E-state index in [4.69, 9.17) is 5.41 Å². The van der Waals surface area contributed by atoms with Crippen molar-refractivity contribution < 1.29 is 0 Å². The predicted molar refractivity (Wildman–Crippen MR) is 51.3 cm³/mol. The average Bonchev–Trinajstić information content (AvgIpc) is 1.85. The third-order valence-corrected chi connectivity index (χ3v) is 1.84. The molecule has 0 saturated heterocycles. The molecule has 1 aliphatic heterocycles. The molecule has 0 spiro atoms. The standard InChI is InChI=1S/C7H11N3S/c1-4-3-6(8)7(10-11)5(2)9-4/h4,8,11H,3H2,1-2H3/b8-6?,10-7-. The van der Waals surface area contributed by atoms with Crippen LogP contribution < -0.4 is 0 Å². The van der Waals surface area contributed by atoms with Gasteiger partial charge in [0.25, 0.3) is 0 Å². The number of nitrogens with zero attached hydrogens (tertiary/aromatic N) is 2. The minimum absolute atomic E-state index is 0.223. The fraction of sp³-hybridized carbons (Fsp3) is 0.571. The summed E-state index contributed by atoms with van der Waals surface area (Å²) in [6, 6.07) is 0.223. The van der Waals surface area contributed by atoms with Gasteiger partial charge in [0.15, 0.2) is 0 Å². The predicted octanol–water partition coefficient (Wildman–Crippen LogP) is 1.55. The molecule has 1 heterocycles. The zero-order valence-electron chi connectivity index (χ0n) is 6.63. The van der Waals surface area contributed by atoms with Crippen molar-refractivity contribution in [3.8, 4) is 0 Å². The molecule has 0 amide bonds. The molecule has 0 aromatic carbocycles. The van der Waals surface area contributed by atoms with E-state index in [0.717, 1.165) is 5.71 Å². The lowest BCUT2D eigenvalue weighted by Crippen LogP contribution is -2.29.